The number of para-hydroxylation sites is 2. The number of anilines is 2. The minimum Gasteiger partial charge on any atom is -0.508 e. The molecule has 8 aromatic rings. The molecular weight excluding hydrogens is 800 g/mol. The van der Waals surface area contributed by atoms with Crippen molar-refractivity contribution in [3.05, 3.63) is 256 Å². The van der Waals surface area contributed by atoms with Crippen LogP contribution in [0.15, 0.2) is 200 Å². The molecule has 2 amide bonds. The van der Waals surface area contributed by atoms with Crippen LogP contribution in [0.2, 0.25) is 0 Å². The van der Waals surface area contributed by atoms with E-state index in [4.69, 9.17) is 4.74 Å². The molecule has 0 saturated carbocycles. The Balaban J connectivity index is 0.000000162. The van der Waals surface area contributed by atoms with Crippen LogP contribution in [-0.2, 0) is 9.59 Å². The Morgan fingerprint density at radius 1 is 0.469 bits per heavy atom. The zero-order chi connectivity index (χ0) is 44.3. The van der Waals surface area contributed by atoms with Crippen molar-refractivity contribution in [2.24, 2.45) is 0 Å². The number of methoxy groups -OCH3 is 1. The number of fused-ring (bicyclic) bond motifs is 2. The molecule has 0 aliphatic carbocycles. The van der Waals surface area contributed by atoms with Crippen LogP contribution in [0.4, 0.5) is 15.8 Å². The van der Waals surface area contributed by atoms with Gasteiger partial charge in [0.1, 0.15) is 23.1 Å². The van der Waals surface area contributed by atoms with E-state index < -0.39 is 17.7 Å². The summed E-state index contributed by atoms with van der Waals surface area (Å²) < 4.78 is 19.4. The molecule has 8 aromatic carbocycles. The van der Waals surface area contributed by atoms with Crippen LogP contribution < -0.4 is 14.5 Å². The molecule has 0 bridgehead atoms. The maximum absolute atomic E-state index is 14.2. The molecule has 0 fully saturated rings. The number of phenols is 2. The first kappa shape index (κ1) is 41.4. The molecule has 2 heterocycles. The summed E-state index contributed by atoms with van der Waals surface area (Å²) in [5.74, 6) is -1.55. The zero-order valence-electron chi connectivity index (χ0n) is 35.3. The number of aryl methyl sites for hydroxylation is 1. The molecule has 0 saturated heterocycles. The monoisotopic (exact) mass is 844 g/mol. The van der Waals surface area contributed by atoms with Crippen LogP contribution >= 0.6 is 0 Å². The van der Waals surface area contributed by atoms with Crippen molar-refractivity contribution in [3.8, 4) is 17.2 Å². The number of phenolic OH excluding ortho intramolecular Hbond substituents is 2. The first-order valence-corrected chi connectivity index (χ1v) is 21.1. The number of hydrogen-bond donors (Lipinski definition) is 2. The number of rotatable bonds is 9. The van der Waals surface area contributed by atoms with E-state index in [9.17, 15) is 24.2 Å². The number of ether oxygens (including phenoxy) is 1. The Hall–Kier alpha value is -7.97. The molecule has 64 heavy (non-hydrogen) atoms. The number of halogens is 1. The van der Waals surface area contributed by atoms with Crippen molar-refractivity contribution in [2.45, 2.75) is 30.8 Å². The molecule has 2 aliphatic heterocycles. The second kappa shape index (κ2) is 17.8. The summed E-state index contributed by atoms with van der Waals surface area (Å²) in [4.78, 5) is 31.7. The lowest BCUT2D eigenvalue weighted by atomic mass is 9.90. The second-order valence-electron chi connectivity index (χ2n) is 15.9. The number of carbonyl (C=O) groups is 2. The largest absolute Gasteiger partial charge is 0.508 e. The van der Waals surface area contributed by atoms with Crippen molar-refractivity contribution < 1.29 is 28.9 Å². The third-order valence-corrected chi connectivity index (χ3v) is 12.1. The Bertz CT molecular complexity index is 2870. The molecule has 2 N–H and O–H groups in total. The summed E-state index contributed by atoms with van der Waals surface area (Å²) in [6.07, 6.45) is 0. The van der Waals surface area contributed by atoms with Crippen molar-refractivity contribution in [1.82, 2.24) is 0 Å². The summed E-state index contributed by atoms with van der Waals surface area (Å²) in [7, 11) is 1.57. The minimum atomic E-state index is -0.776. The predicted octanol–water partition coefficient (Wildman–Crippen LogP) is 11.8. The average Bonchev–Trinajstić information content (AvgIpc) is 3.78. The Kier molecular flexibility index (Phi) is 11.5. The van der Waals surface area contributed by atoms with E-state index in [1.54, 1.807) is 18.1 Å². The number of carbonyl (C=O) groups excluding carboxylic acids is 2. The SMILES string of the molecule is COc1cc(O)c(C2C(=O)N(C(c3ccccc3)c3ccccc3)c3ccccc32)cc1C.O=C1C(c2cc(F)ccc2O)c2ccccc2N1C(c1ccccc1)c1ccccc1. The fourth-order valence-corrected chi connectivity index (χ4v) is 9.25. The van der Waals surface area contributed by atoms with Gasteiger partial charge in [0.25, 0.3) is 0 Å². The van der Waals surface area contributed by atoms with Gasteiger partial charge >= 0.3 is 0 Å². The van der Waals surface area contributed by atoms with Crippen LogP contribution in [-0.4, -0.2) is 29.1 Å². The van der Waals surface area contributed by atoms with E-state index in [-0.39, 0.29) is 41.0 Å². The van der Waals surface area contributed by atoms with E-state index in [0.717, 1.165) is 50.3 Å². The van der Waals surface area contributed by atoms with Gasteiger partial charge in [0.15, 0.2) is 0 Å². The van der Waals surface area contributed by atoms with Crippen molar-refractivity contribution in [2.75, 3.05) is 16.9 Å². The van der Waals surface area contributed by atoms with E-state index in [0.29, 0.717) is 11.3 Å². The maximum atomic E-state index is 14.2. The molecule has 0 aromatic heterocycles. The summed E-state index contributed by atoms with van der Waals surface area (Å²) in [6.45, 7) is 1.92. The molecule has 2 unspecified atom stereocenters. The quantitative estimate of drug-likeness (QED) is 0.151. The van der Waals surface area contributed by atoms with Gasteiger partial charge in [0.2, 0.25) is 11.8 Å². The predicted molar refractivity (Wildman–Crippen MR) is 248 cm³/mol. The molecular formula is C56H45FN2O5. The molecule has 10 rings (SSSR count). The van der Waals surface area contributed by atoms with Gasteiger partial charge in [0.05, 0.1) is 31.0 Å². The molecule has 0 radical (unpaired) electrons. The topological polar surface area (TPSA) is 90.3 Å². The highest BCUT2D eigenvalue weighted by Crippen LogP contribution is 2.50. The van der Waals surface area contributed by atoms with E-state index >= 15 is 0 Å². The van der Waals surface area contributed by atoms with Crippen LogP contribution in [0.3, 0.4) is 0 Å². The summed E-state index contributed by atoms with van der Waals surface area (Å²) in [5, 5.41) is 21.3. The van der Waals surface area contributed by atoms with Crippen LogP contribution in [0.1, 0.15) is 74.0 Å². The van der Waals surface area contributed by atoms with Crippen LogP contribution in [0, 0.1) is 12.7 Å². The Morgan fingerprint density at radius 2 is 0.844 bits per heavy atom. The minimum absolute atomic E-state index is 0.0587. The van der Waals surface area contributed by atoms with Gasteiger partial charge < -0.3 is 14.9 Å². The number of aromatic hydroxyl groups is 2. The van der Waals surface area contributed by atoms with Crippen LogP contribution in [0.5, 0.6) is 17.2 Å². The van der Waals surface area contributed by atoms with E-state index in [2.05, 4.69) is 24.3 Å². The highest BCUT2D eigenvalue weighted by Gasteiger charge is 2.45. The highest BCUT2D eigenvalue weighted by molar-refractivity contribution is 6.09. The molecule has 0 spiro atoms. The van der Waals surface area contributed by atoms with Crippen molar-refractivity contribution in [1.29, 1.82) is 0 Å². The normalized spacial score (nSPS) is 15.2. The zero-order valence-corrected chi connectivity index (χ0v) is 35.3. The number of hydrogen-bond acceptors (Lipinski definition) is 5. The van der Waals surface area contributed by atoms with Gasteiger partial charge in [-0.3, -0.25) is 19.4 Å². The van der Waals surface area contributed by atoms with Gasteiger partial charge in [-0.05, 0) is 82.3 Å². The second-order valence-corrected chi connectivity index (χ2v) is 15.9. The van der Waals surface area contributed by atoms with Gasteiger partial charge in [-0.25, -0.2) is 4.39 Å². The Morgan fingerprint density at radius 3 is 1.25 bits per heavy atom. The lowest BCUT2D eigenvalue weighted by molar-refractivity contribution is -0.119. The summed E-state index contributed by atoms with van der Waals surface area (Å²) in [6, 6.07) is 61.8. The number of benzene rings is 8. The third kappa shape index (κ3) is 7.64. The number of amides is 2. The van der Waals surface area contributed by atoms with Crippen molar-refractivity contribution in [3.63, 3.8) is 0 Å². The Labute approximate surface area is 371 Å². The average molecular weight is 845 g/mol. The molecule has 2 aliphatic rings. The lowest BCUT2D eigenvalue weighted by Crippen LogP contribution is -2.34. The maximum Gasteiger partial charge on any atom is 0.240 e. The van der Waals surface area contributed by atoms with Gasteiger partial charge in [0, 0.05) is 28.6 Å². The molecule has 8 heteroatoms. The standard InChI is InChI=1S/C29H25NO3.C27H20FNO2/c1-19-17-23(25(31)18-26(19)33-2)27-22-15-9-10-16-24(22)30(29(27)32)28(20-11-5-3-6-12-20)21-13-7-4-8-14-21;28-20-15-16-24(30)22(17-20)25-21-13-7-8-14-23(21)29(27(25)31)26(18-9-3-1-4-10-18)19-11-5-2-6-12-19/h3-18,27-28,31H,1-2H3;1-17,25-26,30H. The van der Waals surface area contributed by atoms with E-state index in [1.165, 1.54) is 18.2 Å². The smallest absolute Gasteiger partial charge is 0.240 e. The molecule has 316 valence electrons. The third-order valence-electron chi connectivity index (χ3n) is 12.1. The summed E-state index contributed by atoms with van der Waals surface area (Å²) >= 11 is 0. The summed E-state index contributed by atoms with van der Waals surface area (Å²) in [5.41, 5.74) is 9.01. The number of nitrogens with zero attached hydrogens (tertiary/aromatic N) is 2. The first-order chi connectivity index (χ1) is 31.2. The fraction of sp³-hybridized carbons (Fsp3) is 0.107. The van der Waals surface area contributed by atoms with Gasteiger partial charge in [-0.1, -0.05) is 158 Å². The lowest BCUT2D eigenvalue weighted by Gasteiger charge is -2.30. The van der Waals surface area contributed by atoms with Crippen molar-refractivity contribution >= 4 is 23.2 Å². The molecule has 7 nitrogen and oxygen atoms in total. The highest BCUT2D eigenvalue weighted by atomic mass is 19.1. The first-order valence-electron chi connectivity index (χ1n) is 21.1. The van der Waals surface area contributed by atoms with Gasteiger partial charge in [-0.2, -0.15) is 0 Å². The van der Waals surface area contributed by atoms with Crippen LogP contribution in [0.25, 0.3) is 0 Å². The molecule has 2 atom stereocenters. The fourth-order valence-electron chi connectivity index (χ4n) is 9.25. The van der Waals surface area contributed by atoms with E-state index in [1.807, 2.05) is 163 Å². The van der Waals surface area contributed by atoms with Gasteiger partial charge in [-0.15, -0.1) is 0 Å².